The van der Waals surface area contributed by atoms with Crippen LogP contribution in [0, 0.1) is 0 Å². The summed E-state index contributed by atoms with van der Waals surface area (Å²) in [7, 11) is 1.84. The highest BCUT2D eigenvalue weighted by atomic mass is 35.5. The number of aromatic nitrogens is 2. The Morgan fingerprint density at radius 1 is 1.44 bits per heavy atom. The number of carbonyl (C=O) groups is 1. The monoisotopic (exact) mass is 387 g/mol. The summed E-state index contributed by atoms with van der Waals surface area (Å²) in [5, 5.41) is 8.73. The molecule has 0 saturated carbocycles. The molecule has 142 valence electrons. The smallest absolute Gasteiger partial charge is 0.317 e. The van der Waals surface area contributed by atoms with E-state index < -0.39 is 0 Å². The minimum Gasteiger partial charge on any atom is -0.363 e. The van der Waals surface area contributed by atoms with Gasteiger partial charge in [0, 0.05) is 47.8 Å². The molecule has 4 rings (SSSR count). The molecule has 1 aliphatic heterocycles. The summed E-state index contributed by atoms with van der Waals surface area (Å²) in [5.74, 6) is 0.824. The molecule has 2 aromatic heterocycles. The van der Waals surface area contributed by atoms with Crippen LogP contribution in [-0.4, -0.2) is 47.3 Å². The fourth-order valence-corrected chi connectivity index (χ4v) is 3.75. The zero-order chi connectivity index (χ0) is 18.8. The van der Waals surface area contributed by atoms with Crippen molar-refractivity contribution in [2.75, 3.05) is 25.0 Å². The molecule has 1 aliphatic rings. The van der Waals surface area contributed by atoms with E-state index in [1.165, 1.54) is 0 Å². The van der Waals surface area contributed by atoms with Crippen molar-refractivity contribution in [3.63, 3.8) is 0 Å². The first kappa shape index (κ1) is 17.7. The van der Waals surface area contributed by atoms with Gasteiger partial charge in [-0.05, 0) is 37.1 Å². The van der Waals surface area contributed by atoms with Gasteiger partial charge in [0.05, 0.1) is 12.6 Å². The molecule has 2 N–H and O–H groups in total. The molecule has 0 bridgehead atoms. The van der Waals surface area contributed by atoms with E-state index in [1.54, 1.807) is 11.2 Å². The molecule has 2 amide bonds. The molecule has 0 unspecified atom stereocenters. The van der Waals surface area contributed by atoms with Crippen LogP contribution in [0.5, 0.6) is 0 Å². The van der Waals surface area contributed by atoms with Crippen LogP contribution < -0.4 is 10.2 Å². The van der Waals surface area contributed by atoms with E-state index in [9.17, 15) is 4.79 Å². The highest BCUT2D eigenvalue weighted by molar-refractivity contribution is 6.31. The van der Waals surface area contributed by atoms with Gasteiger partial charge < -0.3 is 24.6 Å². The van der Waals surface area contributed by atoms with Crippen LogP contribution in [0.1, 0.15) is 18.5 Å². The predicted molar refractivity (Wildman–Crippen MR) is 105 cm³/mol. The third-order valence-corrected chi connectivity index (χ3v) is 5.32. The van der Waals surface area contributed by atoms with Crippen molar-refractivity contribution in [1.82, 2.24) is 20.4 Å². The van der Waals surface area contributed by atoms with Crippen LogP contribution >= 0.6 is 11.6 Å². The fraction of sp³-hybridized carbons (Fsp3) is 0.368. The van der Waals surface area contributed by atoms with Crippen LogP contribution in [0.2, 0.25) is 5.02 Å². The molecule has 1 fully saturated rings. The number of urea groups is 1. The second-order valence-electron chi connectivity index (χ2n) is 6.90. The quantitative estimate of drug-likeness (QED) is 0.716. The number of piperidine rings is 1. The Kier molecular flexibility index (Phi) is 4.94. The zero-order valence-corrected chi connectivity index (χ0v) is 15.9. The second-order valence-corrected chi connectivity index (χ2v) is 7.33. The summed E-state index contributed by atoms with van der Waals surface area (Å²) in [4.78, 5) is 19.8. The predicted octanol–water partition coefficient (Wildman–Crippen LogP) is 3.62. The van der Waals surface area contributed by atoms with Gasteiger partial charge in [-0.25, -0.2) is 4.79 Å². The van der Waals surface area contributed by atoms with E-state index in [4.69, 9.17) is 16.1 Å². The molecule has 1 aromatic carbocycles. The minimum atomic E-state index is -0.0845. The first-order valence-electron chi connectivity index (χ1n) is 9.03. The lowest BCUT2D eigenvalue weighted by Crippen LogP contribution is -2.51. The van der Waals surface area contributed by atoms with Gasteiger partial charge in [-0.1, -0.05) is 16.8 Å². The maximum atomic E-state index is 12.6. The number of nitrogens with one attached hydrogen (secondary N) is 2. The van der Waals surface area contributed by atoms with Crippen LogP contribution in [0.3, 0.4) is 0 Å². The fourth-order valence-electron chi connectivity index (χ4n) is 3.57. The first-order chi connectivity index (χ1) is 13.1. The Labute approximate surface area is 162 Å². The van der Waals surface area contributed by atoms with Crippen molar-refractivity contribution >= 4 is 34.4 Å². The van der Waals surface area contributed by atoms with Gasteiger partial charge in [-0.2, -0.15) is 0 Å². The Morgan fingerprint density at radius 2 is 2.33 bits per heavy atom. The van der Waals surface area contributed by atoms with Crippen molar-refractivity contribution in [1.29, 1.82) is 0 Å². The molecule has 0 radical (unpaired) electrons. The normalized spacial score (nSPS) is 17.3. The minimum absolute atomic E-state index is 0.0845. The summed E-state index contributed by atoms with van der Waals surface area (Å²) in [6, 6.07) is 9.61. The molecule has 8 heteroatoms. The van der Waals surface area contributed by atoms with Gasteiger partial charge in [0.15, 0.2) is 5.82 Å². The summed E-state index contributed by atoms with van der Waals surface area (Å²) >= 11 is 6.03. The SMILES string of the molecule is CN(C(=O)NCc1cc2cc(Cl)ccc2[nH]1)[C@@H]1CCCN(c2ccon2)C1. The number of rotatable bonds is 4. The van der Waals surface area contributed by atoms with Crippen molar-refractivity contribution in [3.05, 3.63) is 47.3 Å². The number of nitrogens with zero attached hydrogens (tertiary/aromatic N) is 3. The third-order valence-electron chi connectivity index (χ3n) is 5.08. The van der Waals surface area contributed by atoms with Gasteiger partial charge in [0.1, 0.15) is 6.26 Å². The lowest BCUT2D eigenvalue weighted by Gasteiger charge is -2.37. The number of likely N-dealkylation sites (N-methyl/N-ethyl adjacent to an activating group) is 1. The molecule has 3 aromatic rings. The molecule has 0 spiro atoms. The number of benzene rings is 1. The van der Waals surface area contributed by atoms with E-state index in [1.807, 2.05) is 37.4 Å². The van der Waals surface area contributed by atoms with Crippen molar-refractivity contribution in [3.8, 4) is 0 Å². The molecule has 1 atom stereocenters. The molecule has 0 aliphatic carbocycles. The summed E-state index contributed by atoms with van der Waals surface area (Å²) in [5.41, 5.74) is 1.95. The van der Waals surface area contributed by atoms with Crippen LogP contribution in [0.25, 0.3) is 10.9 Å². The third kappa shape index (κ3) is 3.88. The van der Waals surface area contributed by atoms with Gasteiger partial charge in [0.25, 0.3) is 0 Å². The molecule has 1 saturated heterocycles. The highest BCUT2D eigenvalue weighted by Gasteiger charge is 2.27. The second kappa shape index (κ2) is 7.52. The summed E-state index contributed by atoms with van der Waals surface area (Å²) in [6.07, 6.45) is 3.56. The zero-order valence-electron chi connectivity index (χ0n) is 15.1. The Bertz CT molecular complexity index is 923. The van der Waals surface area contributed by atoms with E-state index in [0.717, 1.165) is 48.3 Å². The summed E-state index contributed by atoms with van der Waals surface area (Å²) < 4.78 is 4.93. The van der Waals surface area contributed by atoms with Gasteiger partial charge in [-0.15, -0.1) is 0 Å². The molecular weight excluding hydrogens is 366 g/mol. The molecular formula is C19H22ClN5O2. The van der Waals surface area contributed by atoms with Crippen LogP contribution in [0.15, 0.2) is 41.1 Å². The average Bonchev–Trinajstić information content (AvgIpc) is 3.35. The average molecular weight is 388 g/mol. The Morgan fingerprint density at radius 3 is 3.15 bits per heavy atom. The number of hydrogen-bond donors (Lipinski definition) is 2. The molecule has 27 heavy (non-hydrogen) atoms. The highest BCUT2D eigenvalue weighted by Crippen LogP contribution is 2.21. The van der Waals surface area contributed by atoms with E-state index in [0.29, 0.717) is 11.6 Å². The van der Waals surface area contributed by atoms with Crippen LogP contribution in [-0.2, 0) is 6.54 Å². The van der Waals surface area contributed by atoms with Gasteiger partial charge in [0.2, 0.25) is 0 Å². The maximum absolute atomic E-state index is 12.6. The lowest BCUT2D eigenvalue weighted by atomic mass is 10.0. The molecule has 3 heterocycles. The first-order valence-corrected chi connectivity index (χ1v) is 9.41. The number of aromatic amines is 1. The van der Waals surface area contributed by atoms with Crippen molar-refractivity contribution in [2.24, 2.45) is 0 Å². The van der Waals surface area contributed by atoms with Crippen LogP contribution in [0.4, 0.5) is 10.6 Å². The van der Waals surface area contributed by atoms with Gasteiger partial charge in [-0.3, -0.25) is 0 Å². The number of anilines is 1. The van der Waals surface area contributed by atoms with Crippen molar-refractivity contribution < 1.29 is 9.32 Å². The molecule has 7 nitrogen and oxygen atoms in total. The summed E-state index contributed by atoms with van der Waals surface area (Å²) in [6.45, 7) is 2.12. The van der Waals surface area contributed by atoms with Crippen molar-refractivity contribution in [2.45, 2.75) is 25.4 Å². The van der Waals surface area contributed by atoms with E-state index >= 15 is 0 Å². The number of amides is 2. The number of halogens is 1. The number of fused-ring (bicyclic) bond motifs is 1. The Balaban J connectivity index is 1.35. The number of carbonyl (C=O) groups excluding carboxylic acids is 1. The number of H-pyrrole nitrogens is 1. The maximum Gasteiger partial charge on any atom is 0.317 e. The topological polar surface area (TPSA) is 77.4 Å². The standard InChI is InChI=1S/C19H22ClN5O2/c1-24(16-3-2-7-25(12-16)18-6-8-27-23-18)19(26)21-11-15-10-13-9-14(20)4-5-17(13)22-15/h4-6,8-10,16,22H,2-3,7,11-12H2,1H3,(H,21,26)/t16-/m1/s1. The largest absolute Gasteiger partial charge is 0.363 e. The van der Waals surface area contributed by atoms with E-state index in [-0.39, 0.29) is 12.1 Å². The lowest BCUT2D eigenvalue weighted by molar-refractivity contribution is 0.182. The van der Waals surface area contributed by atoms with E-state index in [2.05, 4.69) is 20.4 Å². The number of hydrogen-bond acceptors (Lipinski definition) is 4. The van der Waals surface area contributed by atoms with Gasteiger partial charge >= 0.3 is 6.03 Å². The Hall–Kier alpha value is -2.67.